The summed E-state index contributed by atoms with van der Waals surface area (Å²) in [6, 6.07) is 87.4. The summed E-state index contributed by atoms with van der Waals surface area (Å²) in [6.07, 6.45) is 0. The normalized spacial score (nSPS) is 12.7. The van der Waals surface area contributed by atoms with Gasteiger partial charge in [-0.25, -0.2) is 0 Å². The van der Waals surface area contributed by atoms with Crippen molar-refractivity contribution in [1.82, 2.24) is 0 Å². The average Bonchev–Trinajstić information content (AvgIpc) is 3.86. The highest BCUT2D eigenvalue weighted by Gasteiger charge is 2.46. The lowest BCUT2D eigenvalue weighted by molar-refractivity contribution is 0.768. The zero-order chi connectivity index (χ0) is 40.3. The van der Waals surface area contributed by atoms with Gasteiger partial charge in [0.15, 0.2) is 0 Å². The van der Waals surface area contributed by atoms with Crippen molar-refractivity contribution in [3.05, 3.63) is 259 Å². The smallest absolute Gasteiger partial charge is 0.0714 e. The molecule has 286 valence electrons. The number of nitrogens with zero attached hydrogens (tertiary/aromatic N) is 1. The van der Waals surface area contributed by atoms with Crippen LogP contribution in [0.1, 0.15) is 22.3 Å². The van der Waals surface area contributed by atoms with Crippen LogP contribution < -0.4 is 4.90 Å². The molecule has 0 saturated carbocycles. The van der Waals surface area contributed by atoms with Crippen molar-refractivity contribution in [2.45, 2.75) is 5.41 Å². The van der Waals surface area contributed by atoms with Crippen LogP contribution in [0.3, 0.4) is 0 Å². The Morgan fingerprint density at radius 2 is 0.951 bits per heavy atom. The van der Waals surface area contributed by atoms with E-state index in [2.05, 4.69) is 241 Å². The molecular weight excluding hydrogens is 755 g/mol. The van der Waals surface area contributed by atoms with Gasteiger partial charge in [0, 0.05) is 37.1 Å². The van der Waals surface area contributed by atoms with Gasteiger partial charge >= 0.3 is 0 Å². The molecular formula is C59H39NS. The number of rotatable bonds is 7. The van der Waals surface area contributed by atoms with E-state index in [1.54, 1.807) is 0 Å². The van der Waals surface area contributed by atoms with Gasteiger partial charge in [0.25, 0.3) is 0 Å². The Kier molecular flexibility index (Phi) is 8.33. The monoisotopic (exact) mass is 793 g/mol. The van der Waals surface area contributed by atoms with Gasteiger partial charge in [0.2, 0.25) is 0 Å². The molecule has 1 heterocycles. The third-order valence-electron chi connectivity index (χ3n) is 12.7. The zero-order valence-corrected chi connectivity index (χ0v) is 34.2. The molecule has 0 bridgehead atoms. The van der Waals surface area contributed by atoms with Crippen LogP contribution >= 0.6 is 11.3 Å². The Hall–Kier alpha value is -7.52. The summed E-state index contributed by atoms with van der Waals surface area (Å²) in [5.74, 6) is 0. The summed E-state index contributed by atoms with van der Waals surface area (Å²) >= 11 is 1.88. The Labute approximate surface area is 360 Å². The molecule has 0 amide bonds. The van der Waals surface area contributed by atoms with Gasteiger partial charge in [-0.3, -0.25) is 0 Å². The van der Waals surface area contributed by atoms with Gasteiger partial charge in [-0.2, -0.15) is 0 Å². The van der Waals surface area contributed by atoms with Crippen LogP contribution in [0.15, 0.2) is 237 Å². The second-order valence-corrected chi connectivity index (χ2v) is 17.0. The minimum atomic E-state index is -0.527. The molecule has 12 rings (SSSR count). The van der Waals surface area contributed by atoms with E-state index in [0.29, 0.717) is 0 Å². The second kappa shape index (κ2) is 14.3. The lowest BCUT2D eigenvalue weighted by atomic mass is 9.67. The summed E-state index contributed by atoms with van der Waals surface area (Å²) < 4.78 is 2.62. The van der Waals surface area contributed by atoms with Crippen molar-refractivity contribution in [2.75, 3.05) is 4.90 Å². The lowest BCUT2D eigenvalue weighted by Crippen LogP contribution is -2.28. The van der Waals surface area contributed by atoms with Crippen LogP contribution in [0.2, 0.25) is 0 Å². The number of benzene rings is 10. The number of anilines is 3. The predicted octanol–water partition coefficient (Wildman–Crippen LogP) is 16.4. The molecule has 61 heavy (non-hydrogen) atoms. The molecule has 1 aliphatic rings. The maximum atomic E-state index is 2.51. The molecule has 11 aromatic rings. The molecule has 1 aliphatic carbocycles. The van der Waals surface area contributed by atoms with Crippen LogP contribution in [0, 0.1) is 0 Å². The fourth-order valence-electron chi connectivity index (χ4n) is 10.1. The fraction of sp³-hybridized carbons (Fsp3) is 0.0169. The number of fused-ring (bicyclic) bond motifs is 7. The fourth-order valence-corrected chi connectivity index (χ4v) is 11.4. The first-order valence-electron chi connectivity index (χ1n) is 21.0. The van der Waals surface area contributed by atoms with Crippen LogP contribution in [-0.2, 0) is 5.41 Å². The van der Waals surface area contributed by atoms with Gasteiger partial charge in [-0.05, 0) is 97.2 Å². The van der Waals surface area contributed by atoms with E-state index in [1.165, 1.54) is 86.6 Å². The van der Waals surface area contributed by atoms with E-state index < -0.39 is 5.41 Å². The standard InChI is InChI=1S/C59H39NS/c1-4-19-41(20-5-1)57-47-27-11-10-18-40(47)34-37-55(57)60(45-26-16-21-42(38-45)48-30-17-31-52-51-29-13-15-33-56(51)61-58(48)52)46-35-36-50-49-28-12-14-32-53(49)59(54(50)39-46,43-22-6-2-7-23-43)44-24-8-3-9-25-44/h1-39H. The minimum Gasteiger partial charge on any atom is -0.310 e. The number of hydrogen-bond acceptors (Lipinski definition) is 2. The molecule has 0 radical (unpaired) electrons. The molecule has 0 fully saturated rings. The minimum absolute atomic E-state index is 0.527. The van der Waals surface area contributed by atoms with Crippen LogP contribution in [-0.4, -0.2) is 0 Å². The second-order valence-electron chi connectivity index (χ2n) is 16.0. The molecule has 1 nitrogen and oxygen atoms in total. The van der Waals surface area contributed by atoms with Gasteiger partial charge in [0.1, 0.15) is 0 Å². The Bertz CT molecular complexity index is 3380. The van der Waals surface area contributed by atoms with Crippen molar-refractivity contribution in [2.24, 2.45) is 0 Å². The molecule has 10 aromatic carbocycles. The first kappa shape index (κ1) is 35.4. The Morgan fingerprint density at radius 1 is 0.361 bits per heavy atom. The number of thiophene rings is 1. The summed E-state index contributed by atoms with van der Waals surface area (Å²) in [6.45, 7) is 0. The first-order valence-corrected chi connectivity index (χ1v) is 21.8. The Morgan fingerprint density at radius 3 is 1.75 bits per heavy atom. The average molecular weight is 794 g/mol. The van der Waals surface area contributed by atoms with E-state index in [-0.39, 0.29) is 0 Å². The summed E-state index contributed by atoms with van der Waals surface area (Å²) in [7, 11) is 0. The topological polar surface area (TPSA) is 3.24 Å². The first-order chi connectivity index (χ1) is 30.3. The lowest BCUT2D eigenvalue weighted by Gasteiger charge is -2.35. The molecule has 0 spiro atoms. The maximum Gasteiger partial charge on any atom is 0.0714 e. The molecule has 0 saturated heterocycles. The zero-order valence-electron chi connectivity index (χ0n) is 33.4. The highest BCUT2D eigenvalue weighted by Crippen LogP contribution is 2.58. The quantitative estimate of drug-likeness (QED) is 0.155. The highest BCUT2D eigenvalue weighted by atomic mass is 32.1. The molecule has 0 atom stereocenters. The van der Waals surface area contributed by atoms with Gasteiger partial charge in [-0.15, -0.1) is 11.3 Å². The Balaban J connectivity index is 1.15. The molecule has 0 N–H and O–H groups in total. The largest absolute Gasteiger partial charge is 0.310 e. The van der Waals surface area contributed by atoms with Crippen molar-refractivity contribution >= 4 is 59.3 Å². The van der Waals surface area contributed by atoms with E-state index in [4.69, 9.17) is 0 Å². The third-order valence-corrected chi connectivity index (χ3v) is 14.0. The van der Waals surface area contributed by atoms with E-state index >= 15 is 0 Å². The molecule has 2 heteroatoms. The summed E-state index contributed by atoms with van der Waals surface area (Å²) in [5.41, 5.74) is 15.3. The number of hydrogen-bond donors (Lipinski definition) is 0. The van der Waals surface area contributed by atoms with Crippen LogP contribution in [0.25, 0.3) is 64.3 Å². The SMILES string of the molecule is c1ccc(-c2c(N(c3cccc(-c4cccc5c4sc4ccccc45)c3)c3ccc4c(c3)C(c3ccccc3)(c3ccccc3)c3ccccc3-4)ccc3ccccc23)cc1. The van der Waals surface area contributed by atoms with Crippen molar-refractivity contribution in [1.29, 1.82) is 0 Å². The van der Waals surface area contributed by atoms with Gasteiger partial charge in [0.05, 0.1) is 11.1 Å². The van der Waals surface area contributed by atoms with E-state index in [0.717, 1.165) is 17.1 Å². The van der Waals surface area contributed by atoms with E-state index in [9.17, 15) is 0 Å². The van der Waals surface area contributed by atoms with Crippen LogP contribution in [0.4, 0.5) is 17.1 Å². The highest BCUT2D eigenvalue weighted by molar-refractivity contribution is 7.26. The van der Waals surface area contributed by atoms with Crippen molar-refractivity contribution in [3.8, 4) is 33.4 Å². The molecule has 1 aromatic heterocycles. The molecule has 0 aliphatic heterocycles. The van der Waals surface area contributed by atoms with Crippen molar-refractivity contribution in [3.63, 3.8) is 0 Å². The summed E-state index contributed by atoms with van der Waals surface area (Å²) in [5, 5.41) is 5.05. The summed E-state index contributed by atoms with van der Waals surface area (Å²) in [4.78, 5) is 2.51. The van der Waals surface area contributed by atoms with Gasteiger partial charge < -0.3 is 4.90 Å². The van der Waals surface area contributed by atoms with Gasteiger partial charge in [-0.1, -0.05) is 200 Å². The van der Waals surface area contributed by atoms with Crippen molar-refractivity contribution < 1.29 is 0 Å². The maximum absolute atomic E-state index is 2.51. The third kappa shape index (κ3) is 5.53. The van der Waals surface area contributed by atoms with Crippen LogP contribution in [0.5, 0.6) is 0 Å². The van der Waals surface area contributed by atoms with E-state index in [1.807, 2.05) is 11.3 Å². The molecule has 0 unspecified atom stereocenters. The predicted molar refractivity (Wildman–Crippen MR) is 260 cm³/mol.